The van der Waals surface area contributed by atoms with Crippen LogP contribution in [-0.2, 0) is 13.0 Å². The van der Waals surface area contributed by atoms with Crippen molar-refractivity contribution in [3.63, 3.8) is 0 Å². The number of imidazole rings is 1. The van der Waals surface area contributed by atoms with Crippen LogP contribution < -0.4 is 4.74 Å². The van der Waals surface area contributed by atoms with E-state index in [1.54, 1.807) is 0 Å². The average molecular weight is 401 g/mol. The van der Waals surface area contributed by atoms with Crippen molar-refractivity contribution in [2.24, 2.45) is 0 Å². The van der Waals surface area contributed by atoms with Crippen LogP contribution in [0.5, 0.6) is 5.75 Å². The summed E-state index contributed by atoms with van der Waals surface area (Å²) in [6.45, 7) is 9.89. The average Bonchev–Trinajstić information content (AvgIpc) is 2.98. The van der Waals surface area contributed by atoms with Gasteiger partial charge in [-0.15, -0.1) is 0 Å². The molecule has 0 saturated heterocycles. The third kappa shape index (κ3) is 4.50. The number of aliphatic hydroxyl groups excluding tert-OH is 1. The van der Waals surface area contributed by atoms with Gasteiger partial charge in [0.15, 0.2) is 0 Å². The van der Waals surface area contributed by atoms with E-state index >= 15 is 0 Å². The van der Waals surface area contributed by atoms with Crippen molar-refractivity contribution in [1.82, 2.24) is 9.55 Å². The van der Waals surface area contributed by atoms with E-state index in [9.17, 15) is 5.11 Å². The van der Waals surface area contributed by atoms with Crippen molar-refractivity contribution < 1.29 is 9.84 Å². The molecule has 0 aliphatic rings. The number of aryl methyl sites for hydroxylation is 6. The minimum atomic E-state index is 0.180. The molecule has 0 fully saturated rings. The lowest BCUT2D eigenvalue weighted by Crippen LogP contribution is -2.09. The van der Waals surface area contributed by atoms with Crippen LogP contribution in [0.2, 0.25) is 5.02 Å². The van der Waals surface area contributed by atoms with Gasteiger partial charge < -0.3 is 14.4 Å². The summed E-state index contributed by atoms with van der Waals surface area (Å²) in [6, 6.07) is 8.34. The van der Waals surface area contributed by atoms with Gasteiger partial charge in [-0.25, -0.2) is 4.98 Å². The molecule has 0 unspecified atom stereocenters. The summed E-state index contributed by atoms with van der Waals surface area (Å²) in [5.74, 6) is 1.90. The summed E-state index contributed by atoms with van der Waals surface area (Å²) >= 11 is 6.23. The first kappa shape index (κ1) is 20.7. The Morgan fingerprint density at radius 1 is 0.964 bits per heavy atom. The van der Waals surface area contributed by atoms with Crippen molar-refractivity contribution in [2.75, 3.05) is 13.2 Å². The zero-order valence-corrected chi connectivity index (χ0v) is 17.9. The summed E-state index contributed by atoms with van der Waals surface area (Å²) in [4.78, 5) is 4.82. The van der Waals surface area contributed by atoms with Crippen molar-refractivity contribution in [3.8, 4) is 5.75 Å². The van der Waals surface area contributed by atoms with Gasteiger partial charge in [0.1, 0.15) is 11.6 Å². The number of rotatable bonds is 8. The first-order valence-corrected chi connectivity index (χ1v) is 10.2. The molecule has 0 amide bonds. The summed E-state index contributed by atoms with van der Waals surface area (Å²) in [5.41, 5.74) is 6.78. The predicted molar refractivity (Wildman–Crippen MR) is 116 cm³/mol. The van der Waals surface area contributed by atoms with Crippen molar-refractivity contribution in [2.45, 2.75) is 53.5 Å². The molecule has 0 bridgehead atoms. The maximum Gasteiger partial charge on any atom is 0.119 e. The van der Waals surface area contributed by atoms with E-state index < -0.39 is 0 Å². The number of halogens is 1. The fraction of sp³-hybridized carbons (Fsp3) is 0.435. The Morgan fingerprint density at radius 2 is 1.64 bits per heavy atom. The van der Waals surface area contributed by atoms with E-state index in [2.05, 4.69) is 30.5 Å². The lowest BCUT2D eigenvalue weighted by Gasteiger charge is -2.12. The van der Waals surface area contributed by atoms with Gasteiger partial charge in [0, 0.05) is 24.6 Å². The zero-order valence-electron chi connectivity index (χ0n) is 17.2. The van der Waals surface area contributed by atoms with Crippen molar-refractivity contribution in [1.29, 1.82) is 0 Å². The molecule has 0 aliphatic heterocycles. The van der Waals surface area contributed by atoms with Crippen LogP contribution in [0.4, 0.5) is 0 Å². The van der Waals surface area contributed by atoms with Gasteiger partial charge in [-0.2, -0.15) is 0 Å². The first-order valence-electron chi connectivity index (χ1n) is 9.87. The minimum Gasteiger partial charge on any atom is -0.494 e. The smallest absolute Gasteiger partial charge is 0.119 e. The highest BCUT2D eigenvalue weighted by atomic mass is 35.5. The molecular formula is C23H29ClN2O2. The number of fused-ring (bicyclic) bond motifs is 1. The lowest BCUT2D eigenvalue weighted by molar-refractivity contribution is 0.285. The normalized spacial score (nSPS) is 11.4. The third-order valence-electron chi connectivity index (χ3n) is 5.21. The van der Waals surface area contributed by atoms with Gasteiger partial charge in [0.25, 0.3) is 0 Å². The quantitative estimate of drug-likeness (QED) is 0.520. The molecule has 28 heavy (non-hydrogen) atoms. The van der Waals surface area contributed by atoms with E-state index in [0.717, 1.165) is 64.6 Å². The standard InChI is InChI=1S/C23H29ClN2O2/c1-15-13-20-21(14-16(15)2)26(22(25-20)7-5-9-27)8-6-10-28-19-11-17(3)23(24)18(4)12-19/h11-14,27H,5-10H2,1-4H3. The van der Waals surface area contributed by atoms with Crippen LogP contribution in [-0.4, -0.2) is 27.9 Å². The molecule has 1 N–H and O–H groups in total. The Hall–Kier alpha value is -2.04. The van der Waals surface area contributed by atoms with Crippen LogP contribution in [0.15, 0.2) is 24.3 Å². The highest BCUT2D eigenvalue weighted by Gasteiger charge is 2.12. The number of aromatic nitrogens is 2. The molecule has 0 saturated carbocycles. The van der Waals surface area contributed by atoms with Crippen molar-refractivity contribution >= 4 is 22.6 Å². The van der Waals surface area contributed by atoms with Crippen molar-refractivity contribution in [3.05, 3.63) is 57.4 Å². The second-order valence-corrected chi connectivity index (χ2v) is 7.88. The molecule has 3 aromatic rings. The fourth-order valence-corrected chi connectivity index (χ4v) is 3.62. The molecule has 0 spiro atoms. The van der Waals surface area contributed by atoms with Gasteiger partial charge in [0.2, 0.25) is 0 Å². The lowest BCUT2D eigenvalue weighted by atomic mass is 10.1. The molecule has 1 heterocycles. The molecule has 3 rings (SSSR count). The van der Waals surface area contributed by atoms with Gasteiger partial charge in [-0.05, 0) is 87.1 Å². The second kappa shape index (κ2) is 8.97. The number of hydrogen-bond donors (Lipinski definition) is 1. The van der Waals surface area contributed by atoms with Gasteiger partial charge in [-0.3, -0.25) is 0 Å². The molecule has 4 nitrogen and oxygen atoms in total. The first-order chi connectivity index (χ1) is 13.4. The van der Waals surface area contributed by atoms with E-state index in [1.165, 1.54) is 11.1 Å². The zero-order chi connectivity index (χ0) is 20.3. The van der Waals surface area contributed by atoms with E-state index in [1.807, 2.05) is 26.0 Å². The highest BCUT2D eigenvalue weighted by Crippen LogP contribution is 2.26. The Bertz CT molecular complexity index is 955. The largest absolute Gasteiger partial charge is 0.494 e. The monoisotopic (exact) mass is 400 g/mol. The topological polar surface area (TPSA) is 47.3 Å². The minimum absolute atomic E-state index is 0.180. The second-order valence-electron chi connectivity index (χ2n) is 7.51. The molecular weight excluding hydrogens is 372 g/mol. The number of ether oxygens (including phenoxy) is 1. The Kier molecular flexibility index (Phi) is 6.63. The number of aliphatic hydroxyl groups is 1. The van der Waals surface area contributed by atoms with E-state index in [0.29, 0.717) is 6.61 Å². The maximum absolute atomic E-state index is 9.22. The molecule has 0 atom stereocenters. The Labute approximate surface area is 172 Å². The molecule has 1 aromatic heterocycles. The molecule has 2 aromatic carbocycles. The van der Waals surface area contributed by atoms with Crippen LogP contribution in [0.1, 0.15) is 40.9 Å². The SMILES string of the molecule is Cc1cc2nc(CCCO)n(CCCOc3cc(C)c(Cl)c(C)c3)c2cc1C. The van der Waals surface area contributed by atoms with E-state index in [4.69, 9.17) is 21.3 Å². The maximum atomic E-state index is 9.22. The van der Waals surface area contributed by atoms with Crippen LogP contribution in [0, 0.1) is 27.7 Å². The number of hydrogen-bond acceptors (Lipinski definition) is 3. The molecule has 5 heteroatoms. The van der Waals surface area contributed by atoms with Gasteiger partial charge in [-0.1, -0.05) is 11.6 Å². The third-order valence-corrected chi connectivity index (χ3v) is 5.80. The highest BCUT2D eigenvalue weighted by molar-refractivity contribution is 6.32. The van der Waals surface area contributed by atoms with Crippen LogP contribution in [0.3, 0.4) is 0 Å². The molecule has 0 radical (unpaired) electrons. The van der Waals surface area contributed by atoms with Gasteiger partial charge in [0.05, 0.1) is 17.6 Å². The molecule has 0 aliphatic carbocycles. The summed E-state index contributed by atoms with van der Waals surface area (Å²) in [5, 5.41) is 10.0. The Morgan fingerprint density at radius 3 is 2.32 bits per heavy atom. The number of nitrogens with zero attached hydrogens (tertiary/aromatic N) is 2. The fourth-order valence-electron chi connectivity index (χ4n) is 3.51. The predicted octanol–water partition coefficient (Wildman–Crippen LogP) is 5.32. The number of benzene rings is 2. The van der Waals surface area contributed by atoms with Crippen LogP contribution in [0.25, 0.3) is 11.0 Å². The summed E-state index contributed by atoms with van der Waals surface area (Å²) in [6.07, 6.45) is 2.38. The van der Waals surface area contributed by atoms with Crippen LogP contribution >= 0.6 is 11.6 Å². The summed E-state index contributed by atoms with van der Waals surface area (Å²) in [7, 11) is 0. The molecule has 150 valence electrons. The van der Waals surface area contributed by atoms with E-state index in [-0.39, 0.29) is 6.61 Å². The Balaban J connectivity index is 1.73. The van der Waals surface area contributed by atoms with Gasteiger partial charge >= 0.3 is 0 Å². The summed E-state index contributed by atoms with van der Waals surface area (Å²) < 4.78 is 8.24.